The van der Waals surface area contributed by atoms with Crippen LogP contribution >= 0.6 is 0 Å². The van der Waals surface area contributed by atoms with E-state index >= 15 is 0 Å². The molecule has 0 aliphatic heterocycles. The number of allylic oxidation sites excluding steroid dienone is 4. The summed E-state index contributed by atoms with van der Waals surface area (Å²) < 4.78 is 0. The molecule has 0 fully saturated rings. The fraction of sp³-hybridized carbons (Fsp3) is 0.200. The summed E-state index contributed by atoms with van der Waals surface area (Å²) >= 11 is 0. The van der Waals surface area contributed by atoms with Crippen molar-refractivity contribution in [2.75, 3.05) is 0 Å². The third-order valence-corrected chi connectivity index (χ3v) is 3.06. The van der Waals surface area contributed by atoms with E-state index in [0.29, 0.717) is 11.1 Å². The summed E-state index contributed by atoms with van der Waals surface area (Å²) in [6.45, 7) is 3.65. The van der Waals surface area contributed by atoms with Crippen LogP contribution in [-0.2, 0) is 4.79 Å². The zero-order valence-electron chi connectivity index (χ0n) is 9.94. The van der Waals surface area contributed by atoms with Gasteiger partial charge in [0.05, 0.1) is 0 Å². The molecule has 0 heterocycles. The number of rotatable bonds is 2. The molecule has 0 spiro atoms. The zero-order chi connectivity index (χ0) is 12.4. The van der Waals surface area contributed by atoms with Crippen LogP contribution in [0.3, 0.4) is 0 Å². The molecule has 0 aromatic heterocycles. The van der Waals surface area contributed by atoms with Crippen molar-refractivity contribution in [3.05, 3.63) is 59.2 Å². The van der Waals surface area contributed by atoms with Gasteiger partial charge < -0.3 is 0 Å². The Hall–Kier alpha value is -1.96. The first kappa shape index (κ1) is 11.5. The Bertz CT molecular complexity index is 521. The molecular weight excluding hydrogens is 212 g/mol. The minimum absolute atomic E-state index is 0.00474. The van der Waals surface area contributed by atoms with Crippen molar-refractivity contribution in [2.24, 2.45) is 5.92 Å². The molecule has 1 atom stereocenters. The number of carbonyl (C=O) groups is 2. The highest BCUT2D eigenvalue weighted by atomic mass is 16.1. The van der Waals surface area contributed by atoms with Crippen molar-refractivity contribution in [3.8, 4) is 0 Å². The fourth-order valence-corrected chi connectivity index (χ4v) is 2.05. The monoisotopic (exact) mass is 226 g/mol. The second-order valence-electron chi connectivity index (χ2n) is 4.25. The average molecular weight is 226 g/mol. The molecule has 1 unspecified atom stereocenters. The van der Waals surface area contributed by atoms with E-state index in [-0.39, 0.29) is 17.5 Å². The second kappa shape index (κ2) is 4.50. The highest BCUT2D eigenvalue weighted by Gasteiger charge is 2.26. The van der Waals surface area contributed by atoms with Gasteiger partial charge in [0.1, 0.15) is 0 Å². The summed E-state index contributed by atoms with van der Waals surface area (Å²) in [6.07, 6.45) is 3.26. The molecule has 86 valence electrons. The predicted molar refractivity (Wildman–Crippen MR) is 66.8 cm³/mol. The van der Waals surface area contributed by atoms with Crippen LogP contribution in [0.4, 0.5) is 0 Å². The molecule has 17 heavy (non-hydrogen) atoms. The SMILES string of the molecule is CC1=C(C(=O)c2ccccc2)C(C)C(=O)C=C1. The maximum atomic E-state index is 12.3. The molecule has 0 radical (unpaired) electrons. The zero-order valence-corrected chi connectivity index (χ0v) is 9.94. The summed E-state index contributed by atoms with van der Waals surface area (Å²) in [5.41, 5.74) is 2.13. The van der Waals surface area contributed by atoms with E-state index in [1.807, 2.05) is 25.1 Å². The van der Waals surface area contributed by atoms with Crippen LogP contribution in [-0.4, -0.2) is 11.6 Å². The lowest BCUT2D eigenvalue weighted by Crippen LogP contribution is -2.21. The van der Waals surface area contributed by atoms with Gasteiger partial charge in [-0.15, -0.1) is 0 Å². The lowest BCUT2D eigenvalue weighted by Gasteiger charge is -2.18. The lowest BCUT2D eigenvalue weighted by atomic mass is 9.83. The van der Waals surface area contributed by atoms with Crippen LogP contribution in [0.15, 0.2) is 53.6 Å². The Labute approximate surface area is 101 Å². The molecule has 1 aromatic rings. The Kier molecular flexibility index (Phi) is 3.05. The standard InChI is InChI=1S/C15H14O2/c1-10-8-9-13(16)11(2)14(10)15(17)12-6-4-3-5-7-12/h3-9,11H,1-2H3. The number of Topliss-reactive ketones (excluding diaryl/α,β-unsaturated/α-hetero) is 1. The summed E-state index contributed by atoms with van der Waals surface area (Å²) in [4.78, 5) is 23.9. The second-order valence-corrected chi connectivity index (χ2v) is 4.25. The average Bonchev–Trinajstić information content (AvgIpc) is 2.35. The van der Waals surface area contributed by atoms with Crippen molar-refractivity contribution in [1.82, 2.24) is 0 Å². The third-order valence-electron chi connectivity index (χ3n) is 3.06. The fourth-order valence-electron chi connectivity index (χ4n) is 2.05. The Morgan fingerprint density at radius 2 is 1.76 bits per heavy atom. The van der Waals surface area contributed by atoms with Crippen LogP contribution in [0.25, 0.3) is 0 Å². The molecule has 0 saturated carbocycles. The molecule has 1 aliphatic carbocycles. The Morgan fingerprint density at radius 3 is 2.41 bits per heavy atom. The molecular formula is C15H14O2. The summed E-state index contributed by atoms with van der Waals surface area (Å²) in [5, 5.41) is 0. The molecule has 0 amide bonds. The van der Waals surface area contributed by atoms with Gasteiger partial charge in [0.2, 0.25) is 0 Å². The van der Waals surface area contributed by atoms with Gasteiger partial charge in [-0.1, -0.05) is 43.3 Å². The number of carbonyl (C=O) groups excluding carboxylic acids is 2. The minimum Gasteiger partial charge on any atom is -0.294 e. The number of benzene rings is 1. The predicted octanol–water partition coefficient (Wildman–Crippen LogP) is 2.96. The van der Waals surface area contributed by atoms with Gasteiger partial charge in [0.15, 0.2) is 11.6 Å². The topological polar surface area (TPSA) is 34.1 Å². The number of hydrogen-bond acceptors (Lipinski definition) is 2. The van der Waals surface area contributed by atoms with E-state index in [1.165, 1.54) is 0 Å². The van der Waals surface area contributed by atoms with Crippen LogP contribution in [0, 0.1) is 5.92 Å². The smallest absolute Gasteiger partial charge is 0.190 e. The maximum Gasteiger partial charge on any atom is 0.190 e. The lowest BCUT2D eigenvalue weighted by molar-refractivity contribution is -0.116. The molecule has 2 nitrogen and oxygen atoms in total. The maximum absolute atomic E-state index is 12.3. The van der Waals surface area contributed by atoms with Crippen molar-refractivity contribution in [3.63, 3.8) is 0 Å². The van der Waals surface area contributed by atoms with Crippen LogP contribution in [0.2, 0.25) is 0 Å². The first-order chi connectivity index (χ1) is 8.11. The molecule has 2 heteroatoms. The number of ketones is 2. The van der Waals surface area contributed by atoms with E-state index in [2.05, 4.69) is 0 Å². The van der Waals surface area contributed by atoms with E-state index in [9.17, 15) is 9.59 Å². The van der Waals surface area contributed by atoms with Gasteiger partial charge in [-0.2, -0.15) is 0 Å². The van der Waals surface area contributed by atoms with Crippen molar-refractivity contribution >= 4 is 11.6 Å². The van der Waals surface area contributed by atoms with E-state index in [1.54, 1.807) is 31.2 Å². The van der Waals surface area contributed by atoms with E-state index in [0.717, 1.165) is 5.57 Å². The Balaban J connectivity index is 2.43. The molecule has 0 bridgehead atoms. The molecule has 0 saturated heterocycles. The van der Waals surface area contributed by atoms with Gasteiger partial charge >= 0.3 is 0 Å². The van der Waals surface area contributed by atoms with Crippen LogP contribution in [0.5, 0.6) is 0 Å². The highest BCUT2D eigenvalue weighted by molar-refractivity contribution is 6.14. The quantitative estimate of drug-likeness (QED) is 0.726. The minimum atomic E-state index is -0.340. The first-order valence-electron chi connectivity index (χ1n) is 5.63. The van der Waals surface area contributed by atoms with E-state index < -0.39 is 0 Å². The van der Waals surface area contributed by atoms with Gasteiger partial charge in [0, 0.05) is 17.1 Å². The normalized spacial score (nSPS) is 19.6. The highest BCUT2D eigenvalue weighted by Crippen LogP contribution is 2.25. The molecule has 2 rings (SSSR count). The summed E-state index contributed by atoms with van der Waals surface area (Å²) in [5.74, 6) is -0.393. The Morgan fingerprint density at radius 1 is 1.12 bits per heavy atom. The van der Waals surface area contributed by atoms with Crippen molar-refractivity contribution in [2.45, 2.75) is 13.8 Å². The van der Waals surface area contributed by atoms with E-state index in [4.69, 9.17) is 0 Å². The molecule has 1 aromatic carbocycles. The summed E-state index contributed by atoms with van der Waals surface area (Å²) in [6, 6.07) is 9.08. The van der Waals surface area contributed by atoms with Gasteiger partial charge in [-0.25, -0.2) is 0 Å². The molecule has 1 aliphatic rings. The van der Waals surface area contributed by atoms with Crippen LogP contribution in [0.1, 0.15) is 24.2 Å². The van der Waals surface area contributed by atoms with Gasteiger partial charge in [0.25, 0.3) is 0 Å². The summed E-state index contributed by atoms with van der Waals surface area (Å²) in [7, 11) is 0. The van der Waals surface area contributed by atoms with Crippen molar-refractivity contribution in [1.29, 1.82) is 0 Å². The van der Waals surface area contributed by atoms with Gasteiger partial charge in [-0.05, 0) is 18.6 Å². The van der Waals surface area contributed by atoms with Crippen molar-refractivity contribution < 1.29 is 9.59 Å². The molecule has 0 N–H and O–H groups in total. The third kappa shape index (κ3) is 2.11. The number of hydrogen-bond donors (Lipinski definition) is 0. The van der Waals surface area contributed by atoms with Crippen LogP contribution < -0.4 is 0 Å². The largest absolute Gasteiger partial charge is 0.294 e. The first-order valence-corrected chi connectivity index (χ1v) is 5.63. The van der Waals surface area contributed by atoms with Gasteiger partial charge in [-0.3, -0.25) is 9.59 Å².